The second-order valence-electron chi connectivity index (χ2n) is 12.8. The molecule has 0 radical (unpaired) electrons. The SMILES string of the molecule is CC(C)=CCC/C(C)=C/C[C@@]12C[C@H](C(C)(C)O)OC1=C(O)C(=O)c1oc3c4c(cc(O)c3c(=O)c12)OC(C)(C)C=C4. The van der Waals surface area contributed by atoms with Crippen molar-refractivity contribution in [3.8, 4) is 11.5 Å². The van der Waals surface area contributed by atoms with Gasteiger partial charge in [0.2, 0.25) is 11.2 Å². The maximum Gasteiger partial charge on any atom is 0.266 e. The third kappa shape index (κ3) is 4.78. The number of aromatic hydroxyl groups is 1. The van der Waals surface area contributed by atoms with Gasteiger partial charge in [0.15, 0.2) is 17.1 Å². The second kappa shape index (κ2) is 9.65. The lowest BCUT2D eigenvalue weighted by Crippen LogP contribution is -2.40. The van der Waals surface area contributed by atoms with Crippen molar-refractivity contribution >= 4 is 22.8 Å². The number of aliphatic hydroxyl groups excluding tert-OH is 1. The Hall–Kier alpha value is -3.78. The first-order chi connectivity index (χ1) is 19.1. The minimum atomic E-state index is -1.34. The molecule has 1 aromatic heterocycles. The van der Waals surface area contributed by atoms with Crippen LogP contribution in [-0.4, -0.2) is 38.4 Å². The number of ketones is 1. The van der Waals surface area contributed by atoms with Crippen molar-refractivity contribution < 1.29 is 34.0 Å². The summed E-state index contributed by atoms with van der Waals surface area (Å²) >= 11 is 0. The summed E-state index contributed by atoms with van der Waals surface area (Å²) < 4.78 is 18.2. The molecule has 8 nitrogen and oxygen atoms in total. The molecule has 8 heteroatoms. The highest BCUT2D eigenvalue weighted by Crippen LogP contribution is 2.54. The van der Waals surface area contributed by atoms with Crippen molar-refractivity contribution in [1.82, 2.24) is 0 Å². The summed E-state index contributed by atoms with van der Waals surface area (Å²) in [4.78, 5) is 27.9. The first-order valence-electron chi connectivity index (χ1n) is 14.0. The van der Waals surface area contributed by atoms with Crippen LogP contribution in [0.15, 0.2) is 56.2 Å². The highest BCUT2D eigenvalue weighted by Gasteiger charge is 2.58. The van der Waals surface area contributed by atoms with Crippen LogP contribution in [0.2, 0.25) is 0 Å². The molecule has 2 aliphatic heterocycles. The maximum absolute atomic E-state index is 14.4. The van der Waals surface area contributed by atoms with E-state index in [1.165, 1.54) is 11.6 Å². The molecule has 3 N–H and O–H groups in total. The molecular formula is C33H38O8. The zero-order valence-electron chi connectivity index (χ0n) is 24.7. The van der Waals surface area contributed by atoms with Crippen LogP contribution in [0.4, 0.5) is 0 Å². The van der Waals surface area contributed by atoms with E-state index in [0.717, 1.165) is 18.4 Å². The van der Waals surface area contributed by atoms with Crippen LogP contribution in [0, 0.1) is 0 Å². The van der Waals surface area contributed by atoms with Crippen molar-refractivity contribution in [2.24, 2.45) is 0 Å². The number of fused-ring (bicyclic) bond motifs is 6. The van der Waals surface area contributed by atoms with Gasteiger partial charge < -0.3 is 29.2 Å². The highest BCUT2D eigenvalue weighted by atomic mass is 16.5. The quantitative estimate of drug-likeness (QED) is 0.339. The Morgan fingerprint density at radius 3 is 2.51 bits per heavy atom. The molecule has 2 aromatic rings. The Labute approximate surface area is 239 Å². The number of carbonyl (C=O) groups is 1. The van der Waals surface area contributed by atoms with E-state index in [9.17, 15) is 24.9 Å². The smallest absolute Gasteiger partial charge is 0.266 e. The average molecular weight is 563 g/mol. The summed E-state index contributed by atoms with van der Waals surface area (Å²) in [5, 5.41) is 33.0. The van der Waals surface area contributed by atoms with E-state index >= 15 is 0 Å². The molecule has 3 heterocycles. The van der Waals surface area contributed by atoms with Crippen LogP contribution in [-0.2, 0) is 10.2 Å². The summed E-state index contributed by atoms with van der Waals surface area (Å²) in [6, 6.07) is 1.38. The van der Waals surface area contributed by atoms with Crippen molar-refractivity contribution in [3.63, 3.8) is 0 Å². The lowest BCUT2D eigenvalue weighted by molar-refractivity contribution is -0.0463. The van der Waals surface area contributed by atoms with Gasteiger partial charge in [-0.2, -0.15) is 0 Å². The van der Waals surface area contributed by atoms with Crippen molar-refractivity contribution in [2.45, 2.75) is 96.9 Å². The normalized spacial score (nSPS) is 23.1. The molecule has 0 unspecified atom stereocenters. The van der Waals surface area contributed by atoms with Crippen molar-refractivity contribution in [1.29, 1.82) is 0 Å². The fourth-order valence-corrected chi connectivity index (χ4v) is 5.91. The molecule has 1 saturated heterocycles. The van der Waals surface area contributed by atoms with E-state index in [1.807, 2.05) is 40.7 Å². The van der Waals surface area contributed by atoms with E-state index in [4.69, 9.17) is 13.9 Å². The number of hydrogen-bond donors (Lipinski definition) is 3. The summed E-state index contributed by atoms with van der Waals surface area (Å²) in [7, 11) is 0. The molecule has 218 valence electrons. The number of carbonyl (C=O) groups excluding carboxylic acids is 1. The number of phenols is 1. The Bertz CT molecular complexity index is 1640. The number of aliphatic hydroxyl groups is 2. The Kier molecular flexibility index (Phi) is 6.77. The van der Waals surface area contributed by atoms with E-state index in [-0.39, 0.29) is 46.6 Å². The van der Waals surface area contributed by atoms with Gasteiger partial charge in [-0.25, -0.2) is 0 Å². The first-order valence-corrected chi connectivity index (χ1v) is 14.0. The second-order valence-corrected chi connectivity index (χ2v) is 12.8. The fraction of sp³-hybridized carbons (Fsp3) is 0.455. The van der Waals surface area contributed by atoms with E-state index in [1.54, 1.807) is 26.0 Å². The molecule has 0 bridgehead atoms. The van der Waals surface area contributed by atoms with E-state index in [0.29, 0.717) is 11.3 Å². The molecule has 41 heavy (non-hydrogen) atoms. The zero-order valence-corrected chi connectivity index (χ0v) is 24.7. The molecule has 1 aromatic carbocycles. The Balaban J connectivity index is 1.76. The molecular weight excluding hydrogens is 524 g/mol. The van der Waals surface area contributed by atoms with Gasteiger partial charge in [0, 0.05) is 12.5 Å². The Morgan fingerprint density at radius 1 is 1.15 bits per heavy atom. The van der Waals surface area contributed by atoms with Gasteiger partial charge in [0.05, 0.1) is 22.1 Å². The third-order valence-corrected chi connectivity index (χ3v) is 8.19. The monoisotopic (exact) mass is 562 g/mol. The topological polar surface area (TPSA) is 126 Å². The lowest BCUT2D eigenvalue weighted by atomic mass is 9.68. The number of Topliss-reactive ketones (excluding diaryl/α,β-unsaturated/α-hetero) is 1. The number of benzene rings is 1. The van der Waals surface area contributed by atoms with Gasteiger partial charge in [-0.05, 0) is 79.9 Å². The molecule has 1 fully saturated rings. The van der Waals surface area contributed by atoms with Crippen LogP contribution in [0.1, 0.15) is 95.8 Å². The molecule has 1 aliphatic carbocycles. The molecule has 2 atom stereocenters. The molecule has 5 rings (SSSR count). The van der Waals surface area contributed by atoms with Gasteiger partial charge >= 0.3 is 0 Å². The number of allylic oxidation sites excluding steroid dienone is 6. The minimum absolute atomic E-state index is 0.00153. The van der Waals surface area contributed by atoms with Crippen molar-refractivity contribution in [3.05, 3.63) is 74.1 Å². The predicted octanol–water partition coefficient (Wildman–Crippen LogP) is 6.53. The summed E-state index contributed by atoms with van der Waals surface area (Å²) in [6.07, 6.45) is 8.82. The summed E-state index contributed by atoms with van der Waals surface area (Å²) in [5.74, 6) is -1.91. The van der Waals surface area contributed by atoms with Crippen LogP contribution in [0.25, 0.3) is 17.0 Å². The maximum atomic E-state index is 14.4. The summed E-state index contributed by atoms with van der Waals surface area (Å²) in [5.41, 5.74) is -1.15. The van der Waals surface area contributed by atoms with Crippen LogP contribution < -0.4 is 10.2 Å². The van der Waals surface area contributed by atoms with Gasteiger partial charge in [-0.1, -0.05) is 23.3 Å². The first kappa shape index (κ1) is 28.7. The lowest BCUT2D eigenvalue weighted by Gasteiger charge is -2.33. The molecule has 0 spiro atoms. The van der Waals surface area contributed by atoms with E-state index in [2.05, 4.69) is 6.08 Å². The number of phenolic OH excluding ortho intramolecular Hbond substituents is 1. The zero-order chi connectivity index (χ0) is 30.1. The van der Waals surface area contributed by atoms with Gasteiger partial charge in [-0.3, -0.25) is 9.59 Å². The molecule has 3 aliphatic rings. The van der Waals surface area contributed by atoms with Gasteiger partial charge in [0.25, 0.3) is 5.78 Å². The van der Waals surface area contributed by atoms with Gasteiger partial charge in [-0.15, -0.1) is 0 Å². The van der Waals surface area contributed by atoms with Crippen LogP contribution >= 0.6 is 0 Å². The fourth-order valence-electron chi connectivity index (χ4n) is 5.91. The predicted molar refractivity (Wildman–Crippen MR) is 156 cm³/mol. The summed E-state index contributed by atoms with van der Waals surface area (Å²) in [6.45, 7) is 12.9. The number of hydrogen-bond acceptors (Lipinski definition) is 8. The standard InChI is InChI=1S/C33H38O8/c1-17(2)9-8-10-18(3)11-14-33-16-22(32(6,7)38)39-30(33)27(37)26(36)29-24(33)25(35)23-20(34)15-21-19(28(23)40-29)12-13-31(4,5)41-21/h9,11-13,15,22,34,37-38H,8,10,14,16H2,1-7H3/b18-11+/t22-,33+/m1/s1. The minimum Gasteiger partial charge on any atom is -0.507 e. The van der Waals surface area contributed by atoms with Gasteiger partial charge in [0.1, 0.15) is 28.6 Å². The highest BCUT2D eigenvalue weighted by molar-refractivity contribution is 6.10. The van der Waals surface area contributed by atoms with Crippen LogP contribution in [0.5, 0.6) is 11.5 Å². The Morgan fingerprint density at radius 2 is 1.85 bits per heavy atom. The molecule has 0 amide bonds. The third-order valence-electron chi connectivity index (χ3n) is 8.19. The molecule has 0 saturated carbocycles. The van der Waals surface area contributed by atoms with Crippen molar-refractivity contribution in [2.75, 3.05) is 0 Å². The van der Waals surface area contributed by atoms with Crippen LogP contribution in [0.3, 0.4) is 0 Å². The van der Waals surface area contributed by atoms with E-state index < -0.39 is 39.7 Å². The number of rotatable bonds is 6. The average Bonchev–Trinajstić information content (AvgIpc) is 3.26. The largest absolute Gasteiger partial charge is 0.507 e. The number of ether oxygens (including phenoxy) is 2.